The quantitative estimate of drug-likeness (QED) is 0.499. The van der Waals surface area contributed by atoms with Gasteiger partial charge in [0, 0.05) is 24.4 Å². The molecule has 0 aliphatic rings. The molecule has 148 valence electrons. The number of carbonyl (C=O) groups excluding carboxylic acids is 1. The van der Waals surface area contributed by atoms with Crippen molar-refractivity contribution in [3.05, 3.63) is 54.1 Å². The molecule has 0 unspecified atom stereocenters. The van der Waals surface area contributed by atoms with Gasteiger partial charge in [-0.15, -0.1) is 0 Å². The average Bonchev–Trinajstić information content (AvgIpc) is 3.27. The van der Waals surface area contributed by atoms with Gasteiger partial charge in [0.05, 0.1) is 44.9 Å². The largest absolute Gasteiger partial charge is 0.497 e. The van der Waals surface area contributed by atoms with Crippen LogP contribution >= 0.6 is 0 Å². The maximum atomic E-state index is 11.8. The molecule has 9 nitrogen and oxygen atoms in total. The van der Waals surface area contributed by atoms with E-state index in [9.17, 15) is 4.79 Å². The van der Waals surface area contributed by atoms with Crippen molar-refractivity contribution in [1.82, 2.24) is 19.4 Å². The number of pyridine rings is 1. The summed E-state index contributed by atoms with van der Waals surface area (Å²) >= 11 is 0. The fourth-order valence-corrected chi connectivity index (χ4v) is 3.07. The highest BCUT2D eigenvalue weighted by Gasteiger charge is 2.14. The average molecular weight is 393 g/mol. The predicted molar refractivity (Wildman–Crippen MR) is 107 cm³/mol. The van der Waals surface area contributed by atoms with E-state index in [1.165, 1.54) is 13.3 Å². The van der Waals surface area contributed by atoms with Gasteiger partial charge in [-0.25, -0.2) is 19.7 Å². The Labute approximate surface area is 166 Å². The monoisotopic (exact) mass is 393 g/mol. The molecule has 0 amide bonds. The Bertz CT molecular complexity index is 1200. The van der Waals surface area contributed by atoms with Gasteiger partial charge in [0.25, 0.3) is 0 Å². The minimum Gasteiger partial charge on any atom is -0.497 e. The molecule has 0 fully saturated rings. The van der Waals surface area contributed by atoms with Crippen LogP contribution in [0.2, 0.25) is 0 Å². The number of imidazole rings is 1. The highest BCUT2D eigenvalue weighted by molar-refractivity contribution is 5.93. The maximum absolute atomic E-state index is 11.8. The Balaban J connectivity index is 1.71. The second kappa shape index (κ2) is 7.63. The van der Waals surface area contributed by atoms with Crippen molar-refractivity contribution in [3.8, 4) is 11.5 Å². The van der Waals surface area contributed by atoms with Gasteiger partial charge in [-0.05, 0) is 18.2 Å². The Morgan fingerprint density at radius 2 is 1.97 bits per heavy atom. The highest BCUT2D eigenvalue weighted by Crippen LogP contribution is 2.27. The van der Waals surface area contributed by atoms with Gasteiger partial charge in [0.15, 0.2) is 11.5 Å². The van der Waals surface area contributed by atoms with Crippen molar-refractivity contribution in [2.24, 2.45) is 0 Å². The van der Waals surface area contributed by atoms with E-state index in [0.717, 1.165) is 16.8 Å². The number of benzene rings is 1. The summed E-state index contributed by atoms with van der Waals surface area (Å²) in [5.41, 5.74) is 3.19. The van der Waals surface area contributed by atoms with Crippen LogP contribution in [0.1, 0.15) is 15.9 Å². The van der Waals surface area contributed by atoms with E-state index < -0.39 is 5.97 Å². The summed E-state index contributed by atoms with van der Waals surface area (Å²) in [4.78, 5) is 25.0. The molecule has 0 aliphatic heterocycles. The SMILES string of the molecule is COC(=O)c1cnc2nc(NCc3ccc(OC)cc3OC)c3cncn3c2c1. The van der Waals surface area contributed by atoms with Gasteiger partial charge in [0.1, 0.15) is 17.0 Å². The van der Waals surface area contributed by atoms with Crippen LogP contribution in [-0.2, 0) is 11.3 Å². The van der Waals surface area contributed by atoms with E-state index in [4.69, 9.17) is 14.2 Å². The zero-order valence-corrected chi connectivity index (χ0v) is 16.2. The summed E-state index contributed by atoms with van der Waals surface area (Å²) in [5.74, 6) is 1.59. The van der Waals surface area contributed by atoms with Crippen LogP contribution in [-0.4, -0.2) is 46.7 Å². The zero-order valence-electron chi connectivity index (χ0n) is 16.2. The fourth-order valence-electron chi connectivity index (χ4n) is 3.07. The third-order valence-electron chi connectivity index (χ3n) is 4.57. The number of rotatable bonds is 6. The Morgan fingerprint density at radius 1 is 1.10 bits per heavy atom. The summed E-state index contributed by atoms with van der Waals surface area (Å²) in [6.07, 6.45) is 4.80. The van der Waals surface area contributed by atoms with Gasteiger partial charge in [-0.2, -0.15) is 0 Å². The van der Waals surface area contributed by atoms with Crippen molar-refractivity contribution in [3.63, 3.8) is 0 Å². The van der Waals surface area contributed by atoms with Crippen molar-refractivity contribution >= 4 is 28.5 Å². The highest BCUT2D eigenvalue weighted by atomic mass is 16.5. The number of hydrogen-bond donors (Lipinski definition) is 1. The molecule has 0 bridgehead atoms. The van der Waals surface area contributed by atoms with Crippen molar-refractivity contribution in [1.29, 1.82) is 0 Å². The molecule has 0 saturated heterocycles. The van der Waals surface area contributed by atoms with Gasteiger partial charge < -0.3 is 19.5 Å². The number of hydrogen-bond acceptors (Lipinski definition) is 8. The smallest absolute Gasteiger partial charge is 0.339 e. The maximum Gasteiger partial charge on any atom is 0.339 e. The van der Waals surface area contributed by atoms with E-state index in [-0.39, 0.29) is 0 Å². The van der Waals surface area contributed by atoms with Crippen LogP contribution in [0.3, 0.4) is 0 Å². The summed E-state index contributed by atoms with van der Waals surface area (Å²) in [7, 11) is 4.56. The molecule has 0 atom stereocenters. The normalized spacial score (nSPS) is 10.9. The van der Waals surface area contributed by atoms with Crippen molar-refractivity contribution in [2.75, 3.05) is 26.6 Å². The van der Waals surface area contributed by atoms with Crippen LogP contribution in [0.5, 0.6) is 11.5 Å². The summed E-state index contributed by atoms with van der Waals surface area (Å²) < 4.78 is 17.3. The molecule has 3 aromatic heterocycles. The molecule has 4 rings (SSSR count). The molecule has 29 heavy (non-hydrogen) atoms. The van der Waals surface area contributed by atoms with Crippen LogP contribution in [0, 0.1) is 0 Å². The summed E-state index contributed by atoms with van der Waals surface area (Å²) in [6.45, 7) is 0.479. The van der Waals surface area contributed by atoms with E-state index >= 15 is 0 Å². The standard InChI is InChI=1S/C20H19N5O4/c1-27-14-5-4-12(17(7-14)28-2)8-22-19-16-10-21-11-25(16)15-6-13(20(26)29-3)9-23-18(15)24-19/h4-7,9-11H,8H2,1-3H3,(H,22,23,24). The van der Waals surface area contributed by atoms with Gasteiger partial charge >= 0.3 is 5.97 Å². The summed E-state index contributed by atoms with van der Waals surface area (Å²) in [6, 6.07) is 7.32. The van der Waals surface area contributed by atoms with Crippen molar-refractivity contribution < 1.29 is 19.0 Å². The molecule has 0 saturated carbocycles. The molecule has 3 heterocycles. The van der Waals surface area contributed by atoms with Gasteiger partial charge in [-0.3, -0.25) is 4.40 Å². The molecule has 1 aromatic carbocycles. The van der Waals surface area contributed by atoms with Crippen molar-refractivity contribution in [2.45, 2.75) is 6.54 Å². The number of methoxy groups -OCH3 is 3. The second-order valence-corrected chi connectivity index (χ2v) is 6.20. The molecule has 9 heteroatoms. The zero-order chi connectivity index (χ0) is 20.4. The third kappa shape index (κ3) is 3.38. The third-order valence-corrected chi connectivity index (χ3v) is 4.57. The number of nitrogens with zero attached hydrogens (tertiary/aromatic N) is 4. The first-order valence-corrected chi connectivity index (χ1v) is 8.79. The number of anilines is 1. The van der Waals surface area contributed by atoms with Crippen LogP contribution in [0.4, 0.5) is 5.82 Å². The number of esters is 1. The number of nitrogens with one attached hydrogen (secondary N) is 1. The number of carbonyl (C=O) groups is 1. The molecule has 0 radical (unpaired) electrons. The fraction of sp³-hybridized carbons (Fsp3) is 0.200. The number of fused-ring (bicyclic) bond motifs is 3. The number of ether oxygens (including phenoxy) is 3. The lowest BCUT2D eigenvalue weighted by Gasteiger charge is -2.13. The molecule has 0 aliphatic carbocycles. The Hall–Kier alpha value is -3.88. The van der Waals surface area contributed by atoms with E-state index in [1.807, 2.05) is 22.6 Å². The summed E-state index contributed by atoms with van der Waals surface area (Å²) in [5, 5.41) is 3.32. The minimum absolute atomic E-state index is 0.348. The molecule has 4 aromatic rings. The van der Waals surface area contributed by atoms with Gasteiger partial charge in [0.2, 0.25) is 0 Å². The predicted octanol–water partition coefficient (Wildman–Crippen LogP) is 2.69. The lowest BCUT2D eigenvalue weighted by Crippen LogP contribution is -2.07. The molecular weight excluding hydrogens is 374 g/mol. The molecule has 0 spiro atoms. The Morgan fingerprint density at radius 3 is 2.72 bits per heavy atom. The first kappa shape index (κ1) is 18.5. The number of aromatic nitrogens is 4. The lowest BCUT2D eigenvalue weighted by atomic mass is 10.2. The van der Waals surface area contributed by atoms with Crippen LogP contribution in [0.15, 0.2) is 43.0 Å². The first-order valence-electron chi connectivity index (χ1n) is 8.79. The van der Waals surface area contributed by atoms with E-state index in [2.05, 4.69) is 20.3 Å². The lowest BCUT2D eigenvalue weighted by molar-refractivity contribution is 0.0600. The van der Waals surface area contributed by atoms with Crippen LogP contribution in [0.25, 0.3) is 16.7 Å². The van der Waals surface area contributed by atoms with Gasteiger partial charge in [-0.1, -0.05) is 0 Å². The second-order valence-electron chi connectivity index (χ2n) is 6.20. The Kier molecular flexibility index (Phi) is 4.86. The molecular formula is C20H19N5O4. The topological polar surface area (TPSA) is 99.9 Å². The van der Waals surface area contributed by atoms with E-state index in [1.54, 1.807) is 32.8 Å². The minimum atomic E-state index is -0.457. The first-order chi connectivity index (χ1) is 14.1. The van der Waals surface area contributed by atoms with Crippen LogP contribution < -0.4 is 14.8 Å². The van der Waals surface area contributed by atoms with E-state index in [0.29, 0.717) is 34.8 Å². The molecule has 1 N–H and O–H groups in total.